The van der Waals surface area contributed by atoms with Crippen molar-refractivity contribution in [1.29, 1.82) is 0 Å². The molecule has 3 atom stereocenters. The molecular weight excluding hydrogens is 204 g/mol. The summed E-state index contributed by atoms with van der Waals surface area (Å²) in [6, 6.07) is 0.681. The Hall–Kier alpha value is -0.180. The molecule has 3 heteroatoms. The smallest absolute Gasteiger partial charge is 0.157 e. The van der Waals surface area contributed by atoms with Gasteiger partial charge < -0.3 is 5.32 Å². The highest BCUT2D eigenvalue weighted by molar-refractivity contribution is 8.14. The number of thioether (sulfide) groups is 1. The van der Waals surface area contributed by atoms with Gasteiger partial charge in [-0.05, 0) is 25.2 Å². The minimum Gasteiger partial charge on any atom is -0.362 e. The van der Waals surface area contributed by atoms with Crippen molar-refractivity contribution in [1.82, 2.24) is 5.32 Å². The molecule has 2 rings (SSSR count). The summed E-state index contributed by atoms with van der Waals surface area (Å²) < 4.78 is 0. The Morgan fingerprint density at radius 3 is 2.87 bits per heavy atom. The lowest BCUT2D eigenvalue weighted by Crippen LogP contribution is -2.39. The fraction of sp³-hybridized carbons (Fsp3) is 0.917. The second-order valence-electron chi connectivity index (χ2n) is 4.81. The van der Waals surface area contributed by atoms with Gasteiger partial charge in [-0.15, -0.1) is 0 Å². The van der Waals surface area contributed by atoms with E-state index in [1.165, 1.54) is 37.3 Å². The summed E-state index contributed by atoms with van der Waals surface area (Å²) in [5, 5.41) is 5.58. The van der Waals surface area contributed by atoms with Gasteiger partial charge in [-0.25, -0.2) is 0 Å². The van der Waals surface area contributed by atoms with E-state index in [1.807, 2.05) is 11.8 Å². The number of hydrogen-bond donors (Lipinski definition) is 1. The Labute approximate surface area is 97.3 Å². The molecule has 0 radical (unpaired) electrons. The van der Waals surface area contributed by atoms with Gasteiger partial charge in [-0.3, -0.25) is 4.99 Å². The monoisotopic (exact) mass is 226 g/mol. The first kappa shape index (κ1) is 11.3. The molecule has 0 saturated heterocycles. The van der Waals surface area contributed by atoms with Crippen molar-refractivity contribution < 1.29 is 0 Å². The van der Waals surface area contributed by atoms with E-state index < -0.39 is 0 Å². The number of hydrogen-bond acceptors (Lipinski definition) is 3. The van der Waals surface area contributed by atoms with Crippen LogP contribution >= 0.6 is 11.8 Å². The van der Waals surface area contributed by atoms with Crippen molar-refractivity contribution in [2.45, 2.75) is 57.2 Å². The van der Waals surface area contributed by atoms with Crippen LogP contribution in [0.1, 0.15) is 46.0 Å². The van der Waals surface area contributed by atoms with Crippen LogP contribution in [-0.4, -0.2) is 23.0 Å². The van der Waals surface area contributed by atoms with Crippen LogP contribution in [0.15, 0.2) is 4.99 Å². The van der Waals surface area contributed by atoms with Gasteiger partial charge in [0.2, 0.25) is 0 Å². The minimum absolute atomic E-state index is 0.681. The molecule has 0 aromatic carbocycles. The first-order chi connectivity index (χ1) is 7.29. The summed E-state index contributed by atoms with van der Waals surface area (Å²) in [6.07, 6.45) is 6.75. The van der Waals surface area contributed by atoms with Crippen LogP contribution in [-0.2, 0) is 0 Å². The maximum absolute atomic E-state index is 4.59. The van der Waals surface area contributed by atoms with Crippen LogP contribution in [0.25, 0.3) is 0 Å². The van der Waals surface area contributed by atoms with E-state index in [9.17, 15) is 0 Å². The van der Waals surface area contributed by atoms with Gasteiger partial charge >= 0.3 is 0 Å². The molecule has 2 aliphatic rings. The fourth-order valence-corrected chi connectivity index (χ4v) is 3.40. The molecule has 1 fully saturated rings. The molecule has 1 aliphatic heterocycles. The number of amidine groups is 1. The van der Waals surface area contributed by atoms with Gasteiger partial charge in [-0.1, -0.05) is 38.5 Å². The fourth-order valence-electron chi connectivity index (χ4n) is 2.40. The van der Waals surface area contributed by atoms with E-state index in [-0.39, 0.29) is 0 Å². The first-order valence-corrected chi connectivity index (χ1v) is 7.15. The highest BCUT2D eigenvalue weighted by Gasteiger charge is 2.25. The predicted octanol–water partition coefficient (Wildman–Crippen LogP) is 3.04. The van der Waals surface area contributed by atoms with Crippen LogP contribution in [0.2, 0.25) is 0 Å². The lowest BCUT2D eigenvalue weighted by atomic mass is 9.86. The van der Waals surface area contributed by atoms with E-state index in [0.717, 1.165) is 17.7 Å². The minimum atomic E-state index is 0.681. The first-order valence-electron chi connectivity index (χ1n) is 6.27. The average molecular weight is 226 g/mol. The molecule has 0 bridgehead atoms. The number of rotatable bonds is 2. The molecule has 3 unspecified atom stereocenters. The Morgan fingerprint density at radius 2 is 2.20 bits per heavy atom. The third-order valence-electron chi connectivity index (χ3n) is 3.59. The van der Waals surface area contributed by atoms with Crippen molar-refractivity contribution in [3.8, 4) is 0 Å². The molecule has 0 aromatic heterocycles. The highest BCUT2D eigenvalue weighted by atomic mass is 32.2. The summed E-state index contributed by atoms with van der Waals surface area (Å²) in [5.74, 6) is 0.822. The summed E-state index contributed by atoms with van der Waals surface area (Å²) in [5.41, 5.74) is 0. The van der Waals surface area contributed by atoms with Crippen LogP contribution in [0.5, 0.6) is 0 Å². The molecule has 86 valence electrons. The van der Waals surface area contributed by atoms with Gasteiger partial charge in [0.15, 0.2) is 5.17 Å². The second kappa shape index (κ2) is 5.24. The summed E-state index contributed by atoms with van der Waals surface area (Å²) in [4.78, 5) is 4.59. The number of aliphatic imine (C=N–C) groups is 1. The quantitative estimate of drug-likeness (QED) is 0.782. The lowest BCUT2D eigenvalue weighted by molar-refractivity contribution is 0.310. The van der Waals surface area contributed by atoms with Crippen molar-refractivity contribution in [3.05, 3.63) is 0 Å². The SMILES string of the molecule is CCC1CN=C(NC2CCCCC2C)S1. The van der Waals surface area contributed by atoms with Gasteiger partial charge in [0.25, 0.3) is 0 Å². The Bertz CT molecular complexity index is 240. The van der Waals surface area contributed by atoms with Gasteiger partial charge in [0, 0.05) is 11.3 Å². The van der Waals surface area contributed by atoms with Crippen molar-refractivity contribution in [2.24, 2.45) is 10.9 Å². The maximum Gasteiger partial charge on any atom is 0.157 e. The van der Waals surface area contributed by atoms with Crippen molar-refractivity contribution in [2.75, 3.05) is 6.54 Å². The molecule has 0 amide bonds. The molecule has 15 heavy (non-hydrogen) atoms. The van der Waals surface area contributed by atoms with Crippen LogP contribution in [0.4, 0.5) is 0 Å². The van der Waals surface area contributed by atoms with Gasteiger partial charge in [0.05, 0.1) is 6.54 Å². The summed E-state index contributed by atoms with van der Waals surface area (Å²) in [7, 11) is 0. The molecule has 0 spiro atoms. The zero-order chi connectivity index (χ0) is 10.7. The Kier molecular flexibility index (Phi) is 3.95. The maximum atomic E-state index is 4.59. The molecule has 1 N–H and O–H groups in total. The van der Waals surface area contributed by atoms with Crippen LogP contribution in [0.3, 0.4) is 0 Å². The zero-order valence-corrected chi connectivity index (χ0v) is 10.6. The standard InChI is InChI=1S/C12H22N2S/c1-3-10-8-13-12(15-10)14-11-7-5-4-6-9(11)2/h9-11H,3-8H2,1-2H3,(H,13,14). The van der Waals surface area contributed by atoms with Crippen molar-refractivity contribution >= 4 is 16.9 Å². The average Bonchev–Trinajstić information content (AvgIpc) is 2.69. The molecular formula is C12H22N2S. The third-order valence-corrected chi connectivity index (χ3v) is 4.88. The zero-order valence-electron chi connectivity index (χ0n) is 9.83. The third kappa shape index (κ3) is 2.90. The summed E-state index contributed by atoms with van der Waals surface area (Å²) >= 11 is 1.95. The second-order valence-corrected chi connectivity index (χ2v) is 6.10. The number of nitrogens with one attached hydrogen (secondary N) is 1. The van der Waals surface area contributed by atoms with E-state index in [2.05, 4.69) is 24.2 Å². The van der Waals surface area contributed by atoms with Gasteiger partial charge in [0.1, 0.15) is 0 Å². The van der Waals surface area contributed by atoms with Crippen LogP contribution in [0, 0.1) is 5.92 Å². The number of nitrogens with zero attached hydrogens (tertiary/aromatic N) is 1. The summed E-state index contributed by atoms with van der Waals surface area (Å²) in [6.45, 7) is 5.64. The van der Waals surface area contributed by atoms with E-state index in [1.54, 1.807) is 0 Å². The largest absolute Gasteiger partial charge is 0.362 e. The van der Waals surface area contributed by atoms with E-state index >= 15 is 0 Å². The Balaban J connectivity index is 1.81. The Morgan fingerprint density at radius 1 is 1.40 bits per heavy atom. The molecule has 0 aromatic rings. The van der Waals surface area contributed by atoms with E-state index in [4.69, 9.17) is 0 Å². The molecule has 1 saturated carbocycles. The van der Waals surface area contributed by atoms with E-state index in [0.29, 0.717) is 6.04 Å². The lowest BCUT2D eigenvalue weighted by Gasteiger charge is -2.30. The van der Waals surface area contributed by atoms with Crippen LogP contribution < -0.4 is 5.32 Å². The molecule has 1 aliphatic carbocycles. The molecule has 1 heterocycles. The highest BCUT2D eigenvalue weighted by Crippen LogP contribution is 2.27. The predicted molar refractivity (Wildman–Crippen MR) is 68.5 cm³/mol. The van der Waals surface area contributed by atoms with Crippen molar-refractivity contribution in [3.63, 3.8) is 0 Å². The topological polar surface area (TPSA) is 24.4 Å². The van der Waals surface area contributed by atoms with Gasteiger partial charge in [-0.2, -0.15) is 0 Å². The molecule has 2 nitrogen and oxygen atoms in total. The normalized spacial score (nSPS) is 36.4.